The first-order chi connectivity index (χ1) is 12.0. The molecule has 2 rings (SSSR count). The fourth-order valence-electron chi connectivity index (χ4n) is 2.87. The Bertz CT molecular complexity index is 922. The van der Waals surface area contributed by atoms with Crippen LogP contribution in [0.25, 0.3) is 0 Å². The summed E-state index contributed by atoms with van der Waals surface area (Å²) < 4.78 is 25.9. The van der Waals surface area contributed by atoms with E-state index in [1.54, 1.807) is 44.2 Å². The summed E-state index contributed by atoms with van der Waals surface area (Å²) in [5.74, 6) is -0.431. The number of amides is 1. The number of halogens is 1. The van der Waals surface area contributed by atoms with E-state index in [9.17, 15) is 13.2 Å². The first-order valence-electron chi connectivity index (χ1n) is 8.14. The lowest BCUT2D eigenvalue weighted by atomic mass is 10.1. The molecule has 1 unspecified atom stereocenters. The van der Waals surface area contributed by atoms with E-state index < -0.39 is 22.0 Å². The molecule has 5 nitrogen and oxygen atoms in total. The quantitative estimate of drug-likeness (QED) is 0.831. The number of nitrogens with one attached hydrogen (secondary N) is 1. The molecule has 0 aliphatic heterocycles. The van der Waals surface area contributed by atoms with E-state index in [1.807, 2.05) is 19.9 Å². The molecule has 0 aromatic heterocycles. The van der Waals surface area contributed by atoms with Crippen LogP contribution in [0.1, 0.15) is 23.6 Å². The predicted octanol–water partition coefficient (Wildman–Crippen LogP) is 4.06. The lowest BCUT2D eigenvalue weighted by Crippen LogP contribution is -2.45. The molecule has 26 heavy (non-hydrogen) atoms. The number of benzene rings is 2. The summed E-state index contributed by atoms with van der Waals surface area (Å²) in [6.07, 6.45) is 1.10. The molecule has 0 fully saturated rings. The third-order valence-electron chi connectivity index (χ3n) is 4.07. The zero-order chi connectivity index (χ0) is 19.6. The highest BCUT2D eigenvalue weighted by Crippen LogP contribution is 2.26. The van der Waals surface area contributed by atoms with Gasteiger partial charge in [-0.25, -0.2) is 8.42 Å². The second-order valence-electron chi connectivity index (χ2n) is 6.48. The largest absolute Gasteiger partial charge is 0.324 e. The third-order valence-corrected chi connectivity index (χ3v) is 5.73. The summed E-state index contributed by atoms with van der Waals surface area (Å²) in [5.41, 5.74) is 3.60. The maximum atomic E-state index is 12.7. The van der Waals surface area contributed by atoms with Gasteiger partial charge in [0.25, 0.3) is 0 Å². The van der Waals surface area contributed by atoms with Crippen LogP contribution in [0.5, 0.6) is 0 Å². The van der Waals surface area contributed by atoms with Gasteiger partial charge in [-0.3, -0.25) is 9.10 Å². The van der Waals surface area contributed by atoms with E-state index in [2.05, 4.69) is 5.32 Å². The predicted molar refractivity (Wildman–Crippen MR) is 108 cm³/mol. The Morgan fingerprint density at radius 2 is 1.69 bits per heavy atom. The van der Waals surface area contributed by atoms with E-state index in [-0.39, 0.29) is 0 Å². The lowest BCUT2D eigenvalue weighted by molar-refractivity contribution is -0.116. The molecular weight excluding hydrogens is 372 g/mol. The third kappa shape index (κ3) is 4.56. The SMILES string of the molecule is Cc1cc(C)cc(N(C(C)C(=O)Nc2cccc(Cl)c2C)S(C)(=O)=O)c1. The molecule has 0 bridgehead atoms. The van der Waals surface area contributed by atoms with Gasteiger partial charge < -0.3 is 5.32 Å². The highest BCUT2D eigenvalue weighted by atomic mass is 35.5. The Morgan fingerprint density at radius 1 is 1.12 bits per heavy atom. The van der Waals surface area contributed by atoms with Crippen molar-refractivity contribution in [1.29, 1.82) is 0 Å². The summed E-state index contributed by atoms with van der Waals surface area (Å²) in [6.45, 7) is 7.13. The lowest BCUT2D eigenvalue weighted by Gasteiger charge is -2.29. The van der Waals surface area contributed by atoms with Crippen molar-refractivity contribution in [1.82, 2.24) is 0 Å². The molecule has 0 saturated heterocycles. The fourth-order valence-corrected chi connectivity index (χ4v) is 4.20. The van der Waals surface area contributed by atoms with Gasteiger partial charge in [-0.15, -0.1) is 0 Å². The number of nitrogens with zero attached hydrogens (tertiary/aromatic N) is 1. The van der Waals surface area contributed by atoms with Crippen molar-refractivity contribution in [2.75, 3.05) is 15.9 Å². The molecule has 0 saturated carbocycles. The van der Waals surface area contributed by atoms with Gasteiger partial charge in [-0.2, -0.15) is 0 Å². The highest BCUT2D eigenvalue weighted by Gasteiger charge is 2.29. The number of hydrogen-bond acceptors (Lipinski definition) is 3. The van der Waals surface area contributed by atoms with Crippen molar-refractivity contribution >= 4 is 38.9 Å². The molecule has 140 valence electrons. The van der Waals surface area contributed by atoms with Gasteiger partial charge in [0.2, 0.25) is 15.9 Å². The van der Waals surface area contributed by atoms with Crippen molar-refractivity contribution in [2.45, 2.75) is 33.7 Å². The fraction of sp³-hybridized carbons (Fsp3) is 0.316. The number of rotatable bonds is 5. The van der Waals surface area contributed by atoms with Crippen molar-refractivity contribution in [2.24, 2.45) is 0 Å². The molecule has 2 aromatic rings. The van der Waals surface area contributed by atoms with Crippen LogP contribution in [0.2, 0.25) is 5.02 Å². The molecule has 1 amide bonds. The van der Waals surface area contributed by atoms with Gasteiger partial charge >= 0.3 is 0 Å². The van der Waals surface area contributed by atoms with E-state index in [0.717, 1.165) is 27.3 Å². The minimum atomic E-state index is -3.66. The van der Waals surface area contributed by atoms with Gasteiger partial charge in [-0.1, -0.05) is 23.7 Å². The van der Waals surface area contributed by atoms with Gasteiger partial charge in [-0.05, 0) is 68.7 Å². The zero-order valence-corrected chi connectivity index (χ0v) is 17.1. The smallest absolute Gasteiger partial charge is 0.248 e. The minimum Gasteiger partial charge on any atom is -0.324 e. The van der Waals surface area contributed by atoms with Crippen LogP contribution in [0.15, 0.2) is 36.4 Å². The molecule has 0 radical (unpaired) electrons. The average Bonchev–Trinajstić information content (AvgIpc) is 2.49. The first-order valence-corrected chi connectivity index (χ1v) is 10.4. The number of anilines is 2. The monoisotopic (exact) mass is 394 g/mol. The molecule has 1 N–H and O–H groups in total. The number of aryl methyl sites for hydroxylation is 2. The van der Waals surface area contributed by atoms with Gasteiger partial charge in [0.05, 0.1) is 11.9 Å². The van der Waals surface area contributed by atoms with Crippen LogP contribution in [0.3, 0.4) is 0 Å². The normalized spacial score (nSPS) is 12.5. The first kappa shape index (κ1) is 20.3. The Hall–Kier alpha value is -2.05. The van der Waals surface area contributed by atoms with Crippen LogP contribution < -0.4 is 9.62 Å². The van der Waals surface area contributed by atoms with Crippen molar-refractivity contribution < 1.29 is 13.2 Å². The summed E-state index contributed by atoms with van der Waals surface area (Å²) in [7, 11) is -3.66. The van der Waals surface area contributed by atoms with E-state index in [4.69, 9.17) is 11.6 Å². The van der Waals surface area contributed by atoms with Crippen molar-refractivity contribution in [3.05, 3.63) is 58.1 Å². The second-order valence-corrected chi connectivity index (χ2v) is 8.75. The van der Waals surface area contributed by atoms with Gasteiger partial charge in [0, 0.05) is 10.7 Å². The van der Waals surface area contributed by atoms with Crippen LogP contribution in [-0.4, -0.2) is 26.6 Å². The van der Waals surface area contributed by atoms with Crippen LogP contribution in [-0.2, 0) is 14.8 Å². The molecule has 0 aliphatic rings. The Labute approximate surface area is 160 Å². The second kappa shape index (κ2) is 7.68. The topological polar surface area (TPSA) is 66.5 Å². The number of carbonyl (C=O) groups excluding carboxylic acids is 1. The van der Waals surface area contributed by atoms with E-state index in [0.29, 0.717) is 16.4 Å². The Morgan fingerprint density at radius 3 is 2.23 bits per heavy atom. The van der Waals surface area contributed by atoms with E-state index >= 15 is 0 Å². The molecule has 1 atom stereocenters. The van der Waals surface area contributed by atoms with Crippen LogP contribution in [0, 0.1) is 20.8 Å². The zero-order valence-electron chi connectivity index (χ0n) is 15.5. The maximum Gasteiger partial charge on any atom is 0.248 e. The summed E-state index contributed by atoms with van der Waals surface area (Å²) >= 11 is 6.09. The molecule has 2 aromatic carbocycles. The molecular formula is C19H23ClN2O3S. The molecule has 0 spiro atoms. The van der Waals surface area contributed by atoms with E-state index in [1.165, 1.54) is 0 Å². The average molecular weight is 395 g/mol. The minimum absolute atomic E-state index is 0.431. The Balaban J connectivity index is 2.39. The highest BCUT2D eigenvalue weighted by molar-refractivity contribution is 7.92. The molecule has 0 heterocycles. The number of carbonyl (C=O) groups is 1. The summed E-state index contributed by atoms with van der Waals surface area (Å²) in [4.78, 5) is 12.7. The summed E-state index contributed by atoms with van der Waals surface area (Å²) in [5, 5.41) is 3.31. The molecule has 0 aliphatic carbocycles. The standard InChI is InChI=1S/C19H23ClN2O3S/c1-12-9-13(2)11-16(10-12)22(26(5,24)25)15(4)19(23)21-18-8-6-7-17(20)14(18)3/h6-11,15H,1-5H3,(H,21,23). The Kier molecular flexibility index (Phi) is 5.98. The van der Waals surface area contributed by atoms with Gasteiger partial charge in [0.1, 0.15) is 6.04 Å². The van der Waals surface area contributed by atoms with Gasteiger partial charge in [0.15, 0.2) is 0 Å². The maximum absolute atomic E-state index is 12.7. The van der Waals surface area contributed by atoms with Crippen molar-refractivity contribution in [3.63, 3.8) is 0 Å². The van der Waals surface area contributed by atoms with Crippen molar-refractivity contribution in [3.8, 4) is 0 Å². The molecule has 7 heteroatoms. The number of hydrogen-bond donors (Lipinski definition) is 1. The summed E-state index contributed by atoms with van der Waals surface area (Å²) in [6, 6.07) is 9.72. The van der Waals surface area contributed by atoms with Crippen LogP contribution >= 0.6 is 11.6 Å². The van der Waals surface area contributed by atoms with Crippen LogP contribution in [0.4, 0.5) is 11.4 Å². The number of sulfonamides is 1.